The lowest BCUT2D eigenvalue weighted by Crippen LogP contribution is -2.55. The average Bonchev–Trinajstić information content (AvgIpc) is 3.09. The van der Waals surface area contributed by atoms with Gasteiger partial charge in [0.25, 0.3) is 0 Å². The molecule has 0 spiro atoms. The van der Waals surface area contributed by atoms with E-state index < -0.39 is 0 Å². The van der Waals surface area contributed by atoms with Crippen LogP contribution in [0.1, 0.15) is 17.4 Å². The van der Waals surface area contributed by atoms with Gasteiger partial charge in [-0.2, -0.15) is 0 Å². The van der Waals surface area contributed by atoms with Gasteiger partial charge >= 0.3 is 0 Å². The largest absolute Gasteiger partial charge is 0.467 e. The minimum absolute atomic E-state index is 0.135. The first-order valence-corrected chi connectivity index (χ1v) is 7.92. The van der Waals surface area contributed by atoms with Gasteiger partial charge in [0.05, 0.1) is 12.9 Å². The molecule has 1 aliphatic heterocycles. The van der Waals surface area contributed by atoms with Crippen molar-refractivity contribution in [3.63, 3.8) is 0 Å². The Kier molecular flexibility index (Phi) is 3.86. The van der Waals surface area contributed by atoms with Crippen LogP contribution < -0.4 is 4.90 Å². The Labute approximate surface area is 136 Å². The molecule has 1 fully saturated rings. The summed E-state index contributed by atoms with van der Waals surface area (Å²) in [4.78, 5) is 2.33. The summed E-state index contributed by atoms with van der Waals surface area (Å²) < 4.78 is 11.8. The number of furan rings is 1. The van der Waals surface area contributed by atoms with Crippen molar-refractivity contribution in [2.45, 2.75) is 18.8 Å². The highest BCUT2D eigenvalue weighted by Gasteiger charge is 2.42. The second-order valence-corrected chi connectivity index (χ2v) is 5.78. The van der Waals surface area contributed by atoms with Gasteiger partial charge in [-0.05, 0) is 29.8 Å². The van der Waals surface area contributed by atoms with E-state index in [1.165, 1.54) is 11.3 Å². The second kappa shape index (κ2) is 6.31. The van der Waals surface area contributed by atoms with Crippen LogP contribution in [0.3, 0.4) is 0 Å². The molecule has 2 aromatic carbocycles. The van der Waals surface area contributed by atoms with Gasteiger partial charge in [-0.1, -0.05) is 48.5 Å². The standard InChI is InChI=1S/C20H19NO2/c1-3-8-16(9-4-1)15-23-19-14-21(17-10-5-2-6-11-17)20(19)18-12-7-13-22-18/h1-13,19-20H,14-15H2. The third-order valence-electron chi connectivity index (χ3n) is 4.29. The van der Waals surface area contributed by atoms with E-state index in [9.17, 15) is 0 Å². The summed E-state index contributed by atoms with van der Waals surface area (Å²) in [7, 11) is 0. The number of rotatable bonds is 5. The molecule has 23 heavy (non-hydrogen) atoms. The first-order valence-electron chi connectivity index (χ1n) is 7.92. The number of para-hydroxylation sites is 1. The van der Waals surface area contributed by atoms with Crippen LogP contribution in [0.15, 0.2) is 83.5 Å². The minimum Gasteiger partial charge on any atom is -0.467 e. The van der Waals surface area contributed by atoms with E-state index in [-0.39, 0.29) is 12.1 Å². The molecule has 2 atom stereocenters. The first-order chi connectivity index (χ1) is 11.4. The molecule has 3 aromatic rings. The second-order valence-electron chi connectivity index (χ2n) is 5.78. The van der Waals surface area contributed by atoms with Crippen LogP contribution in [0.25, 0.3) is 0 Å². The highest BCUT2D eigenvalue weighted by molar-refractivity contribution is 5.52. The Balaban J connectivity index is 1.50. The lowest BCUT2D eigenvalue weighted by Gasteiger charge is -2.48. The molecule has 0 amide bonds. The molecule has 0 saturated carbocycles. The molecule has 3 heteroatoms. The maximum Gasteiger partial charge on any atom is 0.128 e. The molecule has 1 saturated heterocycles. The Morgan fingerprint density at radius 3 is 2.35 bits per heavy atom. The Bertz CT molecular complexity index is 723. The fourth-order valence-electron chi connectivity index (χ4n) is 3.07. The van der Waals surface area contributed by atoms with Crippen LogP contribution >= 0.6 is 0 Å². The SMILES string of the molecule is c1ccc(COC2CN(c3ccccc3)C2c2ccco2)cc1. The van der Waals surface area contributed by atoms with Crippen LogP contribution in [0, 0.1) is 0 Å². The summed E-state index contributed by atoms with van der Waals surface area (Å²) in [5.74, 6) is 0.957. The van der Waals surface area contributed by atoms with Crippen molar-refractivity contribution in [1.82, 2.24) is 0 Å². The fourth-order valence-corrected chi connectivity index (χ4v) is 3.07. The first kappa shape index (κ1) is 14.1. The summed E-state index contributed by atoms with van der Waals surface area (Å²) >= 11 is 0. The highest BCUT2D eigenvalue weighted by Crippen LogP contribution is 2.40. The van der Waals surface area contributed by atoms with E-state index in [1.807, 2.05) is 36.4 Å². The van der Waals surface area contributed by atoms with Crippen LogP contribution in [-0.4, -0.2) is 12.6 Å². The quantitative estimate of drug-likeness (QED) is 0.697. The monoisotopic (exact) mass is 305 g/mol. The number of nitrogens with zero attached hydrogens (tertiary/aromatic N) is 1. The maximum atomic E-state index is 6.15. The van der Waals surface area contributed by atoms with Gasteiger partial charge in [0.15, 0.2) is 0 Å². The van der Waals surface area contributed by atoms with E-state index >= 15 is 0 Å². The molecule has 4 rings (SSSR count). The minimum atomic E-state index is 0.135. The number of benzene rings is 2. The Hall–Kier alpha value is -2.52. The molecule has 0 bridgehead atoms. The van der Waals surface area contributed by atoms with Gasteiger partial charge in [0.1, 0.15) is 17.9 Å². The zero-order valence-electron chi connectivity index (χ0n) is 12.8. The lowest BCUT2D eigenvalue weighted by atomic mass is 9.95. The summed E-state index contributed by atoms with van der Waals surface area (Å²) in [6.45, 7) is 1.51. The molecule has 0 aliphatic carbocycles. The molecular formula is C20H19NO2. The lowest BCUT2D eigenvalue weighted by molar-refractivity contribution is -0.0152. The molecule has 1 aliphatic rings. The van der Waals surface area contributed by atoms with Gasteiger partial charge in [0, 0.05) is 12.2 Å². The number of hydrogen-bond donors (Lipinski definition) is 0. The number of anilines is 1. The van der Waals surface area contributed by atoms with Crippen LogP contribution in [-0.2, 0) is 11.3 Å². The van der Waals surface area contributed by atoms with Crippen molar-refractivity contribution in [3.05, 3.63) is 90.4 Å². The fraction of sp³-hybridized carbons (Fsp3) is 0.200. The maximum absolute atomic E-state index is 6.15. The van der Waals surface area contributed by atoms with E-state index in [4.69, 9.17) is 9.15 Å². The van der Waals surface area contributed by atoms with E-state index in [1.54, 1.807) is 6.26 Å². The van der Waals surface area contributed by atoms with Gasteiger partial charge in [-0.15, -0.1) is 0 Å². The average molecular weight is 305 g/mol. The predicted molar refractivity (Wildman–Crippen MR) is 90.3 cm³/mol. The van der Waals surface area contributed by atoms with Crippen molar-refractivity contribution in [1.29, 1.82) is 0 Å². The summed E-state index contributed by atoms with van der Waals surface area (Å²) in [5.41, 5.74) is 2.40. The van der Waals surface area contributed by atoms with Crippen molar-refractivity contribution in [2.75, 3.05) is 11.4 Å². The van der Waals surface area contributed by atoms with E-state index in [0.717, 1.165) is 12.3 Å². The van der Waals surface area contributed by atoms with Crippen molar-refractivity contribution in [3.8, 4) is 0 Å². The molecule has 1 aromatic heterocycles. The molecule has 0 radical (unpaired) electrons. The van der Waals surface area contributed by atoms with Gasteiger partial charge < -0.3 is 14.1 Å². The molecule has 0 N–H and O–H groups in total. The summed E-state index contributed by atoms with van der Waals surface area (Å²) in [6.07, 6.45) is 1.87. The zero-order valence-corrected chi connectivity index (χ0v) is 12.8. The third-order valence-corrected chi connectivity index (χ3v) is 4.29. The number of hydrogen-bond acceptors (Lipinski definition) is 3. The van der Waals surface area contributed by atoms with Gasteiger partial charge in [0.2, 0.25) is 0 Å². The van der Waals surface area contributed by atoms with Crippen molar-refractivity contribution in [2.24, 2.45) is 0 Å². The Morgan fingerprint density at radius 2 is 1.65 bits per heavy atom. The van der Waals surface area contributed by atoms with Gasteiger partial charge in [-0.25, -0.2) is 0 Å². The molecule has 116 valence electrons. The Morgan fingerprint density at radius 1 is 0.913 bits per heavy atom. The molecule has 2 unspecified atom stereocenters. The summed E-state index contributed by atoms with van der Waals surface area (Å²) in [6, 6.07) is 24.8. The van der Waals surface area contributed by atoms with E-state index in [2.05, 4.69) is 41.3 Å². The zero-order chi connectivity index (χ0) is 15.5. The normalized spacial score (nSPS) is 20.3. The highest BCUT2D eigenvalue weighted by atomic mass is 16.5. The van der Waals surface area contributed by atoms with Crippen LogP contribution in [0.4, 0.5) is 5.69 Å². The van der Waals surface area contributed by atoms with Crippen molar-refractivity contribution < 1.29 is 9.15 Å². The van der Waals surface area contributed by atoms with E-state index in [0.29, 0.717) is 6.61 Å². The molecule has 3 nitrogen and oxygen atoms in total. The third kappa shape index (κ3) is 2.88. The van der Waals surface area contributed by atoms with Crippen LogP contribution in [0.5, 0.6) is 0 Å². The predicted octanol–water partition coefficient (Wildman–Crippen LogP) is 4.43. The molecule has 2 heterocycles. The number of ether oxygens (including phenoxy) is 1. The summed E-state index contributed by atoms with van der Waals surface area (Å²) in [5, 5.41) is 0. The van der Waals surface area contributed by atoms with Crippen LogP contribution in [0.2, 0.25) is 0 Å². The smallest absolute Gasteiger partial charge is 0.128 e. The molecular weight excluding hydrogens is 286 g/mol. The topological polar surface area (TPSA) is 25.6 Å². The van der Waals surface area contributed by atoms with Crippen molar-refractivity contribution >= 4 is 5.69 Å². The van der Waals surface area contributed by atoms with Gasteiger partial charge in [-0.3, -0.25) is 0 Å².